The van der Waals surface area contributed by atoms with Crippen molar-refractivity contribution in [1.82, 2.24) is 25.1 Å². The number of amides is 1. The van der Waals surface area contributed by atoms with Crippen molar-refractivity contribution >= 4 is 5.91 Å². The lowest BCUT2D eigenvalue weighted by Gasteiger charge is -2.38. The lowest BCUT2D eigenvalue weighted by Crippen LogP contribution is -3.11. The number of likely N-dealkylation sites (tertiary alicyclic amines) is 2. The summed E-state index contributed by atoms with van der Waals surface area (Å²) in [5, 5.41) is 12.7. The van der Waals surface area contributed by atoms with E-state index < -0.39 is 0 Å². The van der Waals surface area contributed by atoms with Crippen LogP contribution in [0.3, 0.4) is 0 Å². The molecule has 7 nitrogen and oxygen atoms in total. The summed E-state index contributed by atoms with van der Waals surface area (Å²) in [6, 6.07) is 9.03. The average Bonchev–Trinajstić information content (AvgIpc) is 3.17. The summed E-state index contributed by atoms with van der Waals surface area (Å²) in [6.07, 6.45) is 7.38. The Labute approximate surface area is 173 Å². The number of benzene rings is 1. The number of aromatic nitrogens is 4. The fourth-order valence-electron chi connectivity index (χ4n) is 4.83. The van der Waals surface area contributed by atoms with Crippen LogP contribution in [-0.4, -0.2) is 56.2 Å². The topological polar surface area (TPSA) is 68.3 Å². The van der Waals surface area contributed by atoms with Crippen LogP contribution in [0.15, 0.2) is 24.3 Å². The summed E-state index contributed by atoms with van der Waals surface area (Å²) < 4.78 is 0. The molecule has 3 heterocycles. The molecule has 1 N–H and O–H groups in total. The normalized spacial score (nSPS) is 23.3. The van der Waals surface area contributed by atoms with Gasteiger partial charge in [0, 0.05) is 23.2 Å². The first-order valence-electron chi connectivity index (χ1n) is 11.1. The van der Waals surface area contributed by atoms with E-state index in [1.165, 1.54) is 49.1 Å². The number of nitrogens with zero attached hydrogens (tertiary/aromatic N) is 5. The van der Waals surface area contributed by atoms with E-state index in [4.69, 9.17) is 0 Å². The van der Waals surface area contributed by atoms with Crippen molar-refractivity contribution in [3.8, 4) is 11.4 Å². The van der Waals surface area contributed by atoms with Gasteiger partial charge < -0.3 is 9.80 Å². The van der Waals surface area contributed by atoms with Crippen molar-refractivity contribution in [3.63, 3.8) is 0 Å². The molecular formula is C22H33N6O+. The van der Waals surface area contributed by atoms with E-state index in [0.717, 1.165) is 24.9 Å². The number of quaternary nitrogens is 1. The molecule has 156 valence electrons. The number of hydrogen-bond donors (Lipinski definition) is 1. The first-order valence-corrected chi connectivity index (χ1v) is 11.1. The van der Waals surface area contributed by atoms with Gasteiger partial charge in [-0.3, -0.25) is 4.79 Å². The van der Waals surface area contributed by atoms with Gasteiger partial charge in [-0.1, -0.05) is 24.3 Å². The van der Waals surface area contributed by atoms with E-state index in [-0.39, 0.29) is 24.5 Å². The van der Waals surface area contributed by atoms with Crippen LogP contribution in [-0.2, 0) is 17.9 Å². The summed E-state index contributed by atoms with van der Waals surface area (Å²) in [5.41, 5.74) is 2.29. The Morgan fingerprint density at radius 2 is 1.72 bits per heavy atom. The fourth-order valence-corrected chi connectivity index (χ4v) is 4.83. The van der Waals surface area contributed by atoms with Gasteiger partial charge in [0.15, 0.2) is 0 Å². The molecule has 2 aliphatic heterocycles. The summed E-state index contributed by atoms with van der Waals surface area (Å²) in [4.78, 5) is 17.9. The highest BCUT2D eigenvalue weighted by molar-refractivity contribution is 5.76. The minimum atomic E-state index is 0.0773. The Balaban J connectivity index is 1.37. The summed E-state index contributed by atoms with van der Waals surface area (Å²) >= 11 is 0. The lowest BCUT2D eigenvalue weighted by molar-refractivity contribution is -0.918. The van der Waals surface area contributed by atoms with Gasteiger partial charge in [-0.15, -0.1) is 10.2 Å². The molecule has 2 saturated heterocycles. The maximum atomic E-state index is 12.8. The smallest absolute Gasteiger partial charge is 0.246 e. The van der Waals surface area contributed by atoms with Crippen molar-refractivity contribution in [2.24, 2.45) is 0 Å². The van der Waals surface area contributed by atoms with Crippen molar-refractivity contribution in [3.05, 3.63) is 29.8 Å². The van der Waals surface area contributed by atoms with Crippen molar-refractivity contribution in [2.75, 3.05) is 13.1 Å². The van der Waals surface area contributed by atoms with E-state index >= 15 is 0 Å². The zero-order valence-corrected chi connectivity index (χ0v) is 17.7. The molecule has 2 fully saturated rings. The second-order valence-corrected chi connectivity index (χ2v) is 8.76. The van der Waals surface area contributed by atoms with Gasteiger partial charge in [0.25, 0.3) is 0 Å². The van der Waals surface area contributed by atoms with Crippen LogP contribution < -0.4 is 4.90 Å². The molecular weight excluding hydrogens is 364 g/mol. The third-order valence-electron chi connectivity index (χ3n) is 6.44. The van der Waals surface area contributed by atoms with Gasteiger partial charge in [-0.2, -0.15) is 4.80 Å². The molecule has 4 rings (SSSR count). The molecule has 1 aromatic carbocycles. The van der Waals surface area contributed by atoms with Crippen LogP contribution in [0.2, 0.25) is 0 Å². The van der Waals surface area contributed by atoms with Crippen LogP contribution in [0.1, 0.15) is 57.9 Å². The van der Waals surface area contributed by atoms with Gasteiger partial charge >= 0.3 is 0 Å². The number of tetrazole rings is 1. The minimum Gasteiger partial charge on any atom is -0.336 e. The standard InChI is InChI=1S/C22H32N6O/c1-17-7-6-8-18(2)28(17)21(29)16-27-24-22(23-25-27)20-11-9-19(10-12-20)15-26-13-4-3-5-14-26/h9-12,17-18H,3-8,13-16H2,1-2H3/p+1/t17-,18+. The van der Waals surface area contributed by atoms with Crippen molar-refractivity contribution in [1.29, 1.82) is 0 Å². The molecule has 2 atom stereocenters. The summed E-state index contributed by atoms with van der Waals surface area (Å²) in [7, 11) is 0. The van der Waals surface area contributed by atoms with Crippen molar-refractivity contribution < 1.29 is 9.69 Å². The van der Waals surface area contributed by atoms with Crippen LogP contribution in [0.4, 0.5) is 0 Å². The number of carbonyl (C=O) groups is 1. The number of rotatable bonds is 5. The zero-order valence-electron chi connectivity index (χ0n) is 17.7. The molecule has 2 aliphatic rings. The summed E-state index contributed by atoms with van der Waals surface area (Å²) in [6.45, 7) is 8.04. The van der Waals surface area contributed by atoms with E-state index in [9.17, 15) is 4.79 Å². The van der Waals surface area contributed by atoms with Crippen LogP contribution >= 0.6 is 0 Å². The number of hydrogen-bond acceptors (Lipinski definition) is 4. The third kappa shape index (κ3) is 4.83. The Bertz CT molecular complexity index is 801. The van der Waals surface area contributed by atoms with Crippen LogP contribution in [0.5, 0.6) is 0 Å². The predicted octanol–water partition coefficient (Wildman–Crippen LogP) is 1.70. The largest absolute Gasteiger partial charge is 0.336 e. The highest BCUT2D eigenvalue weighted by Crippen LogP contribution is 2.23. The Morgan fingerprint density at radius 3 is 2.41 bits per heavy atom. The van der Waals surface area contributed by atoms with Crippen LogP contribution in [0, 0.1) is 0 Å². The minimum absolute atomic E-state index is 0.0773. The first-order chi connectivity index (χ1) is 14.1. The molecule has 7 heteroatoms. The number of carbonyl (C=O) groups excluding carboxylic acids is 1. The Hall–Kier alpha value is -2.28. The molecule has 0 unspecified atom stereocenters. The average molecular weight is 398 g/mol. The molecule has 1 aromatic heterocycles. The highest BCUT2D eigenvalue weighted by Gasteiger charge is 2.29. The zero-order chi connectivity index (χ0) is 20.2. The number of piperidine rings is 2. The molecule has 0 bridgehead atoms. The quantitative estimate of drug-likeness (QED) is 0.834. The highest BCUT2D eigenvalue weighted by atomic mass is 16.2. The second-order valence-electron chi connectivity index (χ2n) is 8.76. The molecule has 0 aliphatic carbocycles. The van der Waals surface area contributed by atoms with Gasteiger partial charge in [0.2, 0.25) is 11.7 Å². The lowest BCUT2D eigenvalue weighted by atomic mass is 9.97. The van der Waals surface area contributed by atoms with E-state index in [2.05, 4.69) is 53.5 Å². The van der Waals surface area contributed by atoms with Gasteiger partial charge in [0.05, 0.1) is 13.1 Å². The maximum Gasteiger partial charge on any atom is 0.246 e. The second kappa shape index (κ2) is 9.03. The van der Waals surface area contributed by atoms with Crippen molar-refractivity contribution in [2.45, 2.75) is 77.5 Å². The molecule has 0 radical (unpaired) electrons. The molecule has 1 amide bonds. The van der Waals surface area contributed by atoms with E-state index in [1.54, 1.807) is 4.90 Å². The van der Waals surface area contributed by atoms with Crippen LogP contribution in [0.25, 0.3) is 11.4 Å². The summed E-state index contributed by atoms with van der Waals surface area (Å²) in [5.74, 6) is 0.655. The maximum absolute atomic E-state index is 12.8. The third-order valence-corrected chi connectivity index (χ3v) is 6.44. The van der Waals surface area contributed by atoms with E-state index in [1.807, 2.05) is 4.90 Å². The van der Waals surface area contributed by atoms with E-state index in [0.29, 0.717) is 5.82 Å². The monoisotopic (exact) mass is 397 g/mol. The Morgan fingerprint density at radius 1 is 1.03 bits per heavy atom. The predicted molar refractivity (Wildman–Crippen MR) is 111 cm³/mol. The van der Waals surface area contributed by atoms with Gasteiger partial charge in [-0.25, -0.2) is 0 Å². The molecule has 29 heavy (non-hydrogen) atoms. The molecule has 0 saturated carbocycles. The Kier molecular flexibility index (Phi) is 6.23. The molecule has 0 spiro atoms. The fraction of sp³-hybridized carbons (Fsp3) is 0.636. The SMILES string of the molecule is C[C@@H]1CCC[C@H](C)N1C(=O)Cn1nnc(-c2ccc(C[NH+]3CCCCC3)cc2)n1. The van der Waals surface area contributed by atoms with Gasteiger partial charge in [0.1, 0.15) is 13.1 Å². The van der Waals surface area contributed by atoms with Gasteiger partial charge in [-0.05, 0) is 57.6 Å². The molecule has 2 aromatic rings. The first kappa shape index (κ1) is 20.0. The number of nitrogens with one attached hydrogen (secondary N) is 1.